The number of hydrazine groups is 1. The Morgan fingerprint density at radius 2 is 1.81 bits per heavy atom. The number of benzene rings is 1. The number of nitrogens with zero attached hydrogens (tertiary/aromatic N) is 4. The molecule has 0 saturated heterocycles. The zero-order valence-electron chi connectivity index (χ0n) is 12.7. The first-order chi connectivity index (χ1) is 10.2. The minimum Gasteiger partial charge on any atom is -0.295 e. The molecule has 0 radical (unpaired) electrons. The second kappa shape index (κ2) is 5.56. The van der Waals surface area contributed by atoms with Crippen molar-refractivity contribution < 1.29 is 0 Å². The van der Waals surface area contributed by atoms with Crippen LogP contribution in [0.5, 0.6) is 0 Å². The Balaban J connectivity index is 1.90. The van der Waals surface area contributed by atoms with Gasteiger partial charge in [-0.15, -0.1) is 0 Å². The number of aromatic nitrogens is 2. The van der Waals surface area contributed by atoms with Gasteiger partial charge in [0, 0.05) is 36.8 Å². The molecule has 0 spiro atoms. The molecule has 1 aromatic heterocycles. The van der Waals surface area contributed by atoms with Crippen molar-refractivity contribution in [3.05, 3.63) is 60.3 Å². The molecular weight excluding hydrogens is 260 g/mol. The second-order valence-electron chi connectivity index (χ2n) is 5.63. The smallest absolute Gasteiger partial charge is 0.115 e. The number of hydrogen-bond donors (Lipinski definition) is 0. The lowest BCUT2D eigenvalue weighted by molar-refractivity contribution is 0.453. The molecule has 4 nitrogen and oxygen atoms in total. The van der Waals surface area contributed by atoms with Crippen LogP contribution in [-0.2, 0) is 0 Å². The highest BCUT2D eigenvalue weighted by Crippen LogP contribution is 2.33. The minimum absolute atomic E-state index is 0.499. The van der Waals surface area contributed by atoms with Crippen molar-refractivity contribution in [1.29, 1.82) is 0 Å². The summed E-state index contributed by atoms with van der Waals surface area (Å²) in [7, 11) is 2.08. The Hall–Kier alpha value is -2.36. The third-order valence-corrected chi connectivity index (χ3v) is 3.81. The summed E-state index contributed by atoms with van der Waals surface area (Å²) in [6.45, 7) is 5.30. The van der Waals surface area contributed by atoms with Crippen molar-refractivity contribution in [3.8, 4) is 0 Å². The molecule has 4 heteroatoms. The molecular formula is C17H20N4. The number of anilines is 1. The van der Waals surface area contributed by atoms with Gasteiger partial charge in [-0.25, -0.2) is 9.97 Å². The standard InChI is InChI=1S/C17H20N4/c1-13(2)16-6-4-5-7-17(16)21-11-15(10-20(21)3)14-8-18-12-19-9-14/h4-10,12-13H,11H2,1-3H3. The summed E-state index contributed by atoms with van der Waals surface area (Å²) in [6.07, 6.45) is 7.44. The Morgan fingerprint density at radius 3 is 2.52 bits per heavy atom. The fourth-order valence-electron chi connectivity index (χ4n) is 2.71. The second-order valence-corrected chi connectivity index (χ2v) is 5.63. The minimum atomic E-state index is 0.499. The van der Waals surface area contributed by atoms with E-state index < -0.39 is 0 Å². The molecule has 2 aromatic rings. The van der Waals surface area contributed by atoms with Crippen LogP contribution in [0.3, 0.4) is 0 Å². The zero-order valence-corrected chi connectivity index (χ0v) is 12.7. The monoisotopic (exact) mass is 280 g/mol. The van der Waals surface area contributed by atoms with Crippen LogP contribution in [0.25, 0.3) is 5.57 Å². The van der Waals surface area contributed by atoms with E-state index in [4.69, 9.17) is 0 Å². The van der Waals surface area contributed by atoms with Crippen molar-refractivity contribution in [2.75, 3.05) is 18.6 Å². The predicted octanol–water partition coefficient (Wildman–Crippen LogP) is 3.31. The largest absolute Gasteiger partial charge is 0.295 e. The molecule has 0 fully saturated rings. The van der Waals surface area contributed by atoms with Gasteiger partial charge in [-0.2, -0.15) is 0 Å². The first-order valence-electron chi connectivity index (χ1n) is 7.22. The number of rotatable bonds is 3. The van der Waals surface area contributed by atoms with E-state index in [0.29, 0.717) is 5.92 Å². The molecule has 0 unspecified atom stereocenters. The molecule has 108 valence electrons. The molecule has 21 heavy (non-hydrogen) atoms. The van der Waals surface area contributed by atoms with Crippen LogP contribution in [-0.4, -0.2) is 28.6 Å². The molecule has 1 aliphatic heterocycles. The molecule has 0 bridgehead atoms. The molecule has 0 aliphatic carbocycles. The van der Waals surface area contributed by atoms with Gasteiger partial charge in [0.2, 0.25) is 0 Å². The summed E-state index contributed by atoms with van der Waals surface area (Å²) in [5.41, 5.74) is 4.94. The third kappa shape index (κ3) is 2.61. The molecule has 3 rings (SSSR count). The lowest BCUT2D eigenvalue weighted by Gasteiger charge is -2.30. The normalized spacial score (nSPS) is 14.8. The van der Waals surface area contributed by atoms with Crippen LogP contribution in [0, 0.1) is 0 Å². The van der Waals surface area contributed by atoms with Gasteiger partial charge in [-0.3, -0.25) is 10.0 Å². The van der Waals surface area contributed by atoms with Gasteiger partial charge in [0.15, 0.2) is 0 Å². The average molecular weight is 280 g/mol. The first-order valence-corrected chi connectivity index (χ1v) is 7.22. The molecule has 2 heterocycles. The topological polar surface area (TPSA) is 32.3 Å². The third-order valence-electron chi connectivity index (χ3n) is 3.81. The Kier molecular flexibility index (Phi) is 3.60. The van der Waals surface area contributed by atoms with Crippen molar-refractivity contribution in [1.82, 2.24) is 15.0 Å². The fourth-order valence-corrected chi connectivity index (χ4v) is 2.71. The predicted molar refractivity (Wildman–Crippen MR) is 85.6 cm³/mol. The lowest BCUT2D eigenvalue weighted by Crippen LogP contribution is -2.33. The van der Waals surface area contributed by atoms with Crippen molar-refractivity contribution in [2.24, 2.45) is 0 Å². The van der Waals surface area contributed by atoms with Crippen LogP contribution in [0.2, 0.25) is 0 Å². The average Bonchev–Trinajstić information content (AvgIpc) is 2.90. The quantitative estimate of drug-likeness (QED) is 0.863. The van der Waals surface area contributed by atoms with Gasteiger partial charge in [-0.1, -0.05) is 32.0 Å². The first kappa shape index (κ1) is 13.6. The van der Waals surface area contributed by atoms with Crippen LogP contribution in [0.4, 0.5) is 5.69 Å². The van der Waals surface area contributed by atoms with Gasteiger partial charge in [0.05, 0.1) is 12.2 Å². The highest BCUT2D eigenvalue weighted by molar-refractivity contribution is 5.72. The van der Waals surface area contributed by atoms with Gasteiger partial charge >= 0.3 is 0 Å². The fraction of sp³-hybridized carbons (Fsp3) is 0.294. The van der Waals surface area contributed by atoms with Crippen LogP contribution < -0.4 is 5.01 Å². The molecule has 1 aliphatic rings. The Labute approximate surface area is 125 Å². The number of hydrogen-bond acceptors (Lipinski definition) is 4. The van der Waals surface area contributed by atoms with Gasteiger partial charge in [0.1, 0.15) is 6.33 Å². The van der Waals surface area contributed by atoms with Crippen molar-refractivity contribution >= 4 is 11.3 Å². The van der Waals surface area contributed by atoms with E-state index in [1.165, 1.54) is 16.8 Å². The van der Waals surface area contributed by atoms with Crippen molar-refractivity contribution in [3.63, 3.8) is 0 Å². The van der Waals surface area contributed by atoms with E-state index in [2.05, 4.69) is 71.3 Å². The highest BCUT2D eigenvalue weighted by Gasteiger charge is 2.23. The number of para-hydroxylation sites is 1. The maximum atomic E-state index is 4.11. The molecule has 1 aromatic carbocycles. The van der Waals surface area contributed by atoms with E-state index in [9.17, 15) is 0 Å². The van der Waals surface area contributed by atoms with E-state index >= 15 is 0 Å². The van der Waals surface area contributed by atoms with Crippen LogP contribution >= 0.6 is 0 Å². The van der Waals surface area contributed by atoms with Crippen LogP contribution in [0.15, 0.2) is 49.2 Å². The summed E-state index contributed by atoms with van der Waals surface area (Å²) in [5.74, 6) is 0.499. The highest BCUT2D eigenvalue weighted by atomic mass is 15.6. The zero-order chi connectivity index (χ0) is 14.8. The molecule has 0 amide bonds. The summed E-state index contributed by atoms with van der Waals surface area (Å²) in [6, 6.07) is 8.59. The van der Waals surface area contributed by atoms with Gasteiger partial charge in [-0.05, 0) is 17.5 Å². The molecule has 0 atom stereocenters. The summed E-state index contributed by atoms with van der Waals surface area (Å²) in [4.78, 5) is 8.22. The van der Waals surface area contributed by atoms with E-state index in [1.54, 1.807) is 6.33 Å². The van der Waals surface area contributed by atoms with Gasteiger partial charge < -0.3 is 0 Å². The summed E-state index contributed by atoms with van der Waals surface area (Å²) >= 11 is 0. The summed E-state index contributed by atoms with van der Waals surface area (Å²) in [5, 5.41) is 4.43. The van der Waals surface area contributed by atoms with Crippen LogP contribution in [0.1, 0.15) is 30.9 Å². The SMILES string of the molecule is CC(C)c1ccccc1N1CC(c2cncnc2)=CN1C. The lowest BCUT2D eigenvalue weighted by atomic mass is 10.0. The molecule has 0 N–H and O–H groups in total. The van der Waals surface area contributed by atoms with E-state index in [0.717, 1.165) is 12.1 Å². The van der Waals surface area contributed by atoms with E-state index in [-0.39, 0.29) is 0 Å². The summed E-state index contributed by atoms with van der Waals surface area (Å²) < 4.78 is 0. The van der Waals surface area contributed by atoms with Gasteiger partial charge in [0.25, 0.3) is 0 Å². The maximum absolute atomic E-state index is 4.11. The Bertz CT molecular complexity index is 649. The maximum Gasteiger partial charge on any atom is 0.115 e. The van der Waals surface area contributed by atoms with E-state index in [1.807, 2.05) is 12.4 Å². The Morgan fingerprint density at radius 1 is 1.10 bits per heavy atom. The van der Waals surface area contributed by atoms with Crippen molar-refractivity contribution in [2.45, 2.75) is 19.8 Å². The molecule has 0 saturated carbocycles.